The number of phenolic OH excluding ortho intramolecular Hbond substituents is 1. The second kappa shape index (κ2) is 14.8. The average Bonchev–Trinajstić information content (AvgIpc) is 2.96. The summed E-state index contributed by atoms with van der Waals surface area (Å²) in [6, 6.07) is 14.5. The van der Waals surface area contributed by atoms with Gasteiger partial charge in [-0.15, -0.1) is 0 Å². The molecule has 0 aromatic heterocycles. The summed E-state index contributed by atoms with van der Waals surface area (Å²) >= 11 is 0. The van der Waals surface area contributed by atoms with Crippen LogP contribution >= 0.6 is 0 Å². The first-order valence-electron chi connectivity index (χ1n) is 14.4. The Balaban J connectivity index is 2.04. The maximum absolute atomic E-state index is 14.6. The normalized spacial score (nSPS) is 18.2. The fraction of sp³-hybridized carbons (Fsp3) is 0.455. The van der Waals surface area contributed by atoms with Crippen molar-refractivity contribution in [1.82, 2.24) is 10.2 Å². The molecule has 0 radical (unpaired) electrons. The number of methoxy groups -OCH3 is 1. The Morgan fingerprint density at radius 1 is 1.10 bits per heavy atom. The molecule has 0 saturated carbocycles. The molecule has 5 N–H and O–H groups in total. The first-order valence-corrected chi connectivity index (χ1v) is 14.4. The number of ether oxygens (including phenoxy) is 1. The minimum Gasteiger partial charge on any atom is -0.508 e. The lowest BCUT2D eigenvalue weighted by molar-refractivity contribution is -0.145. The van der Waals surface area contributed by atoms with Gasteiger partial charge in [-0.25, -0.2) is 0 Å². The number of aromatic hydroxyl groups is 1. The van der Waals surface area contributed by atoms with E-state index in [1.807, 2.05) is 56.0 Å². The Morgan fingerprint density at radius 2 is 1.78 bits per heavy atom. The zero-order chi connectivity index (χ0) is 30.0. The first kappa shape index (κ1) is 31.9. The molecule has 41 heavy (non-hydrogen) atoms. The highest BCUT2D eigenvalue weighted by Gasteiger charge is 2.50. The van der Waals surface area contributed by atoms with Crippen LogP contribution in [0.5, 0.6) is 11.5 Å². The largest absolute Gasteiger partial charge is 0.508 e. The molecule has 8 heteroatoms. The van der Waals surface area contributed by atoms with Crippen LogP contribution in [0.4, 0.5) is 0 Å². The number of carbonyl (C=O) groups is 2. The number of carbonyl (C=O) groups excluding carboxylic acids is 2. The highest BCUT2D eigenvalue weighted by Crippen LogP contribution is 2.45. The first-order chi connectivity index (χ1) is 19.6. The fourth-order valence-electron chi connectivity index (χ4n) is 5.82. The van der Waals surface area contributed by atoms with Crippen LogP contribution in [0.3, 0.4) is 0 Å². The Bertz CT molecular complexity index is 1230. The van der Waals surface area contributed by atoms with Crippen molar-refractivity contribution in [2.75, 3.05) is 26.7 Å². The predicted molar refractivity (Wildman–Crippen MR) is 161 cm³/mol. The van der Waals surface area contributed by atoms with Gasteiger partial charge in [0.05, 0.1) is 18.6 Å². The van der Waals surface area contributed by atoms with E-state index in [9.17, 15) is 19.8 Å². The molecule has 2 amide bonds. The Labute approximate surface area is 243 Å². The number of aliphatic hydroxyl groups is 1. The van der Waals surface area contributed by atoms with Crippen LogP contribution in [0.15, 0.2) is 71.8 Å². The summed E-state index contributed by atoms with van der Waals surface area (Å²) in [7, 11) is 1.62. The Kier molecular flexibility index (Phi) is 11.6. The van der Waals surface area contributed by atoms with Crippen molar-refractivity contribution < 1.29 is 24.5 Å². The summed E-state index contributed by atoms with van der Waals surface area (Å²) in [6.07, 6.45) is 4.76. The van der Waals surface area contributed by atoms with Crippen LogP contribution in [0.2, 0.25) is 0 Å². The van der Waals surface area contributed by atoms with Gasteiger partial charge in [-0.1, -0.05) is 55.8 Å². The molecular formula is C33H45N3O5. The van der Waals surface area contributed by atoms with Crippen LogP contribution in [-0.4, -0.2) is 59.8 Å². The van der Waals surface area contributed by atoms with E-state index in [1.165, 1.54) is 0 Å². The van der Waals surface area contributed by atoms with Crippen molar-refractivity contribution in [3.05, 3.63) is 83.0 Å². The van der Waals surface area contributed by atoms with Crippen LogP contribution in [0.1, 0.15) is 51.2 Å². The number of nitrogens with one attached hydrogen (secondary N) is 1. The average molecular weight is 564 g/mol. The number of phenols is 1. The molecule has 8 nitrogen and oxygen atoms in total. The Morgan fingerprint density at radius 3 is 2.39 bits per heavy atom. The highest BCUT2D eigenvalue weighted by atomic mass is 16.5. The minimum atomic E-state index is -1.19. The van der Waals surface area contributed by atoms with Gasteiger partial charge >= 0.3 is 0 Å². The van der Waals surface area contributed by atoms with E-state index in [4.69, 9.17) is 10.5 Å². The number of aliphatic hydroxyl groups excluding tert-OH is 1. The molecule has 0 bridgehead atoms. The molecule has 1 aliphatic carbocycles. The number of primary amides is 1. The molecular weight excluding hydrogens is 518 g/mol. The lowest BCUT2D eigenvalue weighted by atomic mass is 9.63. The molecule has 0 heterocycles. The molecule has 1 aliphatic rings. The van der Waals surface area contributed by atoms with Gasteiger partial charge in [0.1, 0.15) is 11.5 Å². The number of allylic oxidation sites excluding steroid dienone is 2. The smallest absolute Gasteiger partial charge is 0.244 e. The second-order valence-electron chi connectivity index (χ2n) is 11.0. The predicted octanol–water partition coefficient (Wildman–Crippen LogP) is 4.11. The molecule has 2 aromatic rings. The summed E-state index contributed by atoms with van der Waals surface area (Å²) in [4.78, 5) is 28.9. The quantitative estimate of drug-likeness (QED) is 0.259. The van der Waals surface area contributed by atoms with Gasteiger partial charge < -0.3 is 30.9 Å². The van der Waals surface area contributed by atoms with Gasteiger partial charge in [-0.2, -0.15) is 0 Å². The molecule has 1 unspecified atom stereocenters. The standard InChI is InChI=1S/C33H45N3O5/c1-5-14-36(15-6-2)32(40)33(19-23(3)16-26(20-33)31(34)39)29(18-24-10-12-27(37)13-11-24)30(38)22-35-21-25-8-7-9-28(17-25)41-4/h7-13,16-17,19,29-30,35,37-38H,5-6,14-15,18,20-22H2,1-4H3,(H2,34,39)/t29-,30+,33?/m1/s1. The van der Waals surface area contributed by atoms with Crippen LogP contribution in [-0.2, 0) is 22.6 Å². The van der Waals surface area contributed by atoms with E-state index in [2.05, 4.69) is 5.32 Å². The fourth-order valence-corrected chi connectivity index (χ4v) is 5.82. The second-order valence-corrected chi connectivity index (χ2v) is 11.0. The lowest BCUT2D eigenvalue weighted by Crippen LogP contribution is -2.54. The zero-order valence-corrected chi connectivity index (χ0v) is 24.7. The molecule has 0 fully saturated rings. The number of hydrogen-bond donors (Lipinski definition) is 4. The molecule has 3 rings (SSSR count). The number of nitrogens with zero attached hydrogens (tertiary/aromatic N) is 1. The molecule has 2 aromatic carbocycles. The summed E-state index contributed by atoms with van der Waals surface area (Å²) in [5, 5.41) is 25.1. The number of hydrogen-bond acceptors (Lipinski definition) is 6. The maximum Gasteiger partial charge on any atom is 0.244 e. The van der Waals surface area contributed by atoms with Crippen molar-refractivity contribution >= 4 is 11.8 Å². The molecule has 0 saturated heterocycles. The van der Waals surface area contributed by atoms with Gasteiger partial charge in [-0.05, 0) is 68.0 Å². The highest BCUT2D eigenvalue weighted by molar-refractivity contribution is 5.96. The molecule has 0 spiro atoms. The third-order valence-electron chi connectivity index (χ3n) is 7.69. The third kappa shape index (κ3) is 8.21. The minimum absolute atomic E-state index is 0.108. The number of amides is 2. The van der Waals surface area contributed by atoms with Crippen LogP contribution in [0, 0.1) is 11.3 Å². The third-order valence-corrected chi connectivity index (χ3v) is 7.69. The topological polar surface area (TPSA) is 125 Å². The van der Waals surface area contributed by atoms with E-state index in [0.29, 0.717) is 31.6 Å². The number of nitrogens with two attached hydrogens (primary N) is 1. The Hall–Kier alpha value is -3.62. The van der Waals surface area contributed by atoms with E-state index in [1.54, 1.807) is 37.5 Å². The monoisotopic (exact) mass is 563 g/mol. The number of benzene rings is 2. The van der Waals surface area contributed by atoms with Crippen LogP contribution < -0.4 is 15.8 Å². The summed E-state index contributed by atoms with van der Waals surface area (Å²) in [5.74, 6) is -0.378. The van der Waals surface area contributed by atoms with E-state index >= 15 is 0 Å². The lowest BCUT2D eigenvalue weighted by Gasteiger charge is -2.45. The zero-order valence-electron chi connectivity index (χ0n) is 24.7. The van der Waals surface area contributed by atoms with Crippen molar-refractivity contribution in [3.63, 3.8) is 0 Å². The van der Waals surface area contributed by atoms with Gasteiger partial charge in [0.25, 0.3) is 0 Å². The van der Waals surface area contributed by atoms with Crippen molar-refractivity contribution in [1.29, 1.82) is 0 Å². The van der Waals surface area contributed by atoms with Gasteiger partial charge in [0.2, 0.25) is 11.8 Å². The molecule has 0 aliphatic heterocycles. The van der Waals surface area contributed by atoms with E-state index in [-0.39, 0.29) is 24.6 Å². The van der Waals surface area contributed by atoms with Crippen molar-refractivity contribution in [3.8, 4) is 11.5 Å². The summed E-state index contributed by atoms with van der Waals surface area (Å²) in [6.45, 7) is 7.80. The SMILES string of the molecule is CCCN(CCC)C(=O)C1([C@H](Cc2ccc(O)cc2)[C@@H](O)CNCc2cccc(OC)c2)C=C(C)C=C(C(N)=O)C1. The molecule has 3 atom stereocenters. The summed E-state index contributed by atoms with van der Waals surface area (Å²) in [5.41, 5.74) is 7.60. The van der Waals surface area contributed by atoms with Gasteiger partial charge in [0, 0.05) is 37.7 Å². The number of rotatable bonds is 15. The van der Waals surface area contributed by atoms with E-state index in [0.717, 1.165) is 35.3 Å². The van der Waals surface area contributed by atoms with Crippen molar-refractivity contribution in [2.45, 2.75) is 59.1 Å². The maximum atomic E-state index is 14.6. The van der Waals surface area contributed by atoms with Crippen LogP contribution in [0.25, 0.3) is 0 Å². The molecule has 222 valence electrons. The van der Waals surface area contributed by atoms with Crippen molar-refractivity contribution in [2.24, 2.45) is 17.1 Å². The van der Waals surface area contributed by atoms with E-state index < -0.39 is 23.3 Å². The van der Waals surface area contributed by atoms with Gasteiger partial charge in [0.15, 0.2) is 0 Å². The summed E-state index contributed by atoms with van der Waals surface area (Å²) < 4.78 is 5.33. The van der Waals surface area contributed by atoms with Gasteiger partial charge in [-0.3, -0.25) is 9.59 Å².